The number of carbonyl (C=O) groups is 4. The lowest BCUT2D eigenvalue weighted by Crippen LogP contribution is -2.29. The zero-order valence-electron chi connectivity index (χ0n) is 34.9. The van der Waals surface area contributed by atoms with Gasteiger partial charge in [-0.3, -0.25) is 9.59 Å². The molecule has 0 unspecified atom stereocenters. The van der Waals surface area contributed by atoms with E-state index in [2.05, 4.69) is 18.5 Å². The van der Waals surface area contributed by atoms with Crippen molar-refractivity contribution in [2.24, 2.45) is 5.92 Å². The van der Waals surface area contributed by atoms with E-state index in [0.717, 1.165) is 83.0 Å². The Morgan fingerprint density at radius 3 is 1.45 bits per heavy atom. The van der Waals surface area contributed by atoms with E-state index in [9.17, 15) is 19.2 Å². The van der Waals surface area contributed by atoms with E-state index in [1.165, 1.54) is 82.8 Å². The number of nitrogens with one attached hydrogen (secondary N) is 1. The summed E-state index contributed by atoms with van der Waals surface area (Å²) in [5.74, 6) is -0.0903. The van der Waals surface area contributed by atoms with Crippen molar-refractivity contribution in [1.82, 2.24) is 0 Å². The third-order valence-corrected chi connectivity index (χ3v) is 10.5. The van der Waals surface area contributed by atoms with Crippen molar-refractivity contribution in [2.45, 2.75) is 147 Å². The fraction of sp³-hybridized carbons (Fsp3) is 0.583. The summed E-state index contributed by atoms with van der Waals surface area (Å²) in [6, 6.07) is 14.1. The molecule has 1 aliphatic carbocycles. The minimum Gasteiger partial charge on any atom is -0.494 e. The van der Waals surface area contributed by atoms with Gasteiger partial charge in [0.15, 0.2) is 0 Å². The molecule has 1 N–H and O–H groups in total. The number of anilines is 1. The first-order valence-corrected chi connectivity index (χ1v) is 21.9. The molecule has 2 aromatic carbocycles. The number of benzene rings is 2. The Hall–Kier alpha value is -4.44. The summed E-state index contributed by atoms with van der Waals surface area (Å²) in [4.78, 5) is 47.8. The van der Waals surface area contributed by atoms with Gasteiger partial charge in [-0.05, 0) is 99.9 Å². The summed E-state index contributed by atoms with van der Waals surface area (Å²) < 4.78 is 27.7. The predicted octanol–water partition coefficient (Wildman–Crippen LogP) is 11.3. The molecule has 0 heterocycles. The van der Waals surface area contributed by atoms with Gasteiger partial charge in [0.1, 0.15) is 11.5 Å². The first-order valence-electron chi connectivity index (χ1n) is 21.9. The van der Waals surface area contributed by atoms with Crippen LogP contribution in [0.15, 0.2) is 73.8 Å². The van der Waals surface area contributed by atoms with Crippen molar-refractivity contribution >= 4 is 29.5 Å². The molecule has 0 spiro atoms. The Bertz CT molecular complexity index is 1470. The Morgan fingerprint density at radius 1 is 0.534 bits per heavy atom. The van der Waals surface area contributed by atoms with Crippen molar-refractivity contribution in [3.05, 3.63) is 79.4 Å². The molecule has 0 atom stereocenters. The lowest BCUT2D eigenvalue weighted by atomic mass is 9.87. The Kier molecular flexibility index (Phi) is 25.3. The van der Waals surface area contributed by atoms with Crippen LogP contribution in [0.25, 0.3) is 0 Å². The van der Waals surface area contributed by atoms with Gasteiger partial charge < -0.3 is 29.0 Å². The summed E-state index contributed by atoms with van der Waals surface area (Å²) >= 11 is 0. The Balaban J connectivity index is 1.17. The van der Waals surface area contributed by atoms with Crippen LogP contribution in [0, 0.1) is 5.92 Å². The van der Waals surface area contributed by atoms with Gasteiger partial charge in [-0.15, -0.1) is 0 Å². The summed E-state index contributed by atoms with van der Waals surface area (Å²) in [6.07, 6.45) is 26.3. The summed E-state index contributed by atoms with van der Waals surface area (Å²) in [7, 11) is 0. The monoisotopic (exact) mass is 803 g/mol. The number of ether oxygens (including phenoxy) is 5. The summed E-state index contributed by atoms with van der Waals surface area (Å²) in [5.41, 5.74) is 1.15. The molecule has 0 saturated heterocycles. The van der Waals surface area contributed by atoms with E-state index in [1.54, 1.807) is 24.3 Å². The van der Waals surface area contributed by atoms with Crippen molar-refractivity contribution in [3.63, 3.8) is 0 Å². The topological polar surface area (TPSA) is 126 Å². The van der Waals surface area contributed by atoms with Crippen LogP contribution in [0.3, 0.4) is 0 Å². The molecule has 2 aromatic rings. The molecule has 1 saturated carbocycles. The first kappa shape index (κ1) is 47.9. The Labute approximate surface area is 347 Å². The SMILES string of the molecule is C=CC(=O)OCCCCCCCCCCCOc1ccc(NC(=O)c2ccc(OC(=O)C3CCC(OCCCCCCCCCCCOC(=O)C=C)CC3)cc2)cc1. The van der Waals surface area contributed by atoms with Crippen LogP contribution in [-0.4, -0.2) is 56.3 Å². The number of unbranched alkanes of at least 4 members (excludes halogenated alkanes) is 16. The van der Waals surface area contributed by atoms with Crippen molar-refractivity contribution in [2.75, 3.05) is 31.7 Å². The molecule has 58 heavy (non-hydrogen) atoms. The largest absolute Gasteiger partial charge is 0.494 e. The zero-order valence-corrected chi connectivity index (χ0v) is 34.9. The number of hydrogen-bond donors (Lipinski definition) is 1. The molecular formula is C48H69NO9. The van der Waals surface area contributed by atoms with Crippen molar-refractivity contribution in [3.8, 4) is 11.5 Å². The molecule has 1 amide bonds. The zero-order chi connectivity index (χ0) is 41.5. The predicted molar refractivity (Wildman–Crippen MR) is 229 cm³/mol. The van der Waals surface area contributed by atoms with Gasteiger partial charge in [-0.2, -0.15) is 0 Å². The molecule has 0 aromatic heterocycles. The van der Waals surface area contributed by atoms with Gasteiger partial charge in [0, 0.05) is 30.0 Å². The molecule has 0 radical (unpaired) electrons. The molecule has 1 aliphatic rings. The average molecular weight is 804 g/mol. The molecule has 10 heteroatoms. The van der Waals surface area contributed by atoms with Crippen LogP contribution in [0.5, 0.6) is 11.5 Å². The quantitative estimate of drug-likeness (QED) is 0.0333. The average Bonchev–Trinajstić information content (AvgIpc) is 3.24. The normalized spacial score (nSPS) is 14.9. The van der Waals surface area contributed by atoms with E-state index in [-0.39, 0.29) is 35.8 Å². The van der Waals surface area contributed by atoms with Crippen molar-refractivity contribution < 1.29 is 42.9 Å². The summed E-state index contributed by atoms with van der Waals surface area (Å²) in [5, 5.41) is 2.92. The van der Waals surface area contributed by atoms with Gasteiger partial charge in [0.05, 0.1) is 31.8 Å². The van der Waals surface area contributed by atoms with Gasteiger partial charge >= 0.3 is 17.9 Å². The van der Waals surface area contributed by atoms with Crippen LogP contribution in [-0.2, 0) is 28.6 Å². The third kappa shape index (κ3) is 21.9. The van der Waals surface area contributed by atoms with Gasteiger partial charge in [-0.25, -0.2) is 9.59 Å². The molecule has 1 fully saturated rings. The maximum atomic E-state index is 12.9. The molecule has 3 rings (SSSR count). The van der Waals surface area contributed by atoms with E-state index in [0.29, 0.717) is 36.8 Å². The van der Waals surface area contributed by atoms with E-state index in [1.807, 2.05) is 24.3 Å². The van der Waals surface area contributed by atoms with Crippen LogP contribution >= 0.6 is 0 Å². The number of amides is 1. The minimum absolute atomic E-state index is 0.141. The second kappa shape index (κ2) is 30.6. The molecule has 0 aliphatic heterocycles. The summed E-state index contributed by atoms with van der Waals surface area (Å²) in [6.45, 7) is 9.18. The third-order valence-electron chi connectivity index (χ3n) is 10.5. The highest BCUT2D eigenvalue weighted by molar-refractivity contribution is 6.04. The smallest absolute Gasteiger partial charge is 0.330 e. The lowest BCUT2D eigenvalue weighted by Gasteiger charge is -2.27. The molecule has 0 bridgehead atoms. The number of esters is 3. The van der Waals surface area contributed by atoms with Gasteiger partial charge in [0.25, 0.3) is 5.91 Å². The lowest BCUT2D eigenvalue weighted by molar-refractivity contribution is -0.141. The number of rotatable bonds is 32. The molecule has 320 valence electrons. The van der Waals surface area contributed by atoms with Crippen molar-refractivity contribution in [1.29, 1.82) is 0 Å². The van der Waals surface area contributed by atoms with Gasteiger partial charge in [0.2, 0.25) is 0 Å². The maximum Gasteiger partial charge on any atom is 0.330 e. The number of hydrogen-bond acceptors (Lipinski definition) is 9. The molecule has 10 nitrogen and oxygen atoms in total. The second-order valence-electron chi connectivity index (χ2n) is 15.2. The van der Waals surface area contributed by atoms with Crippen LogP contribution in [0.4, 0.5) is 5.69 Å². The maximum absolute atomic E-state index is 12.9. The second-order valence-corrected chi connectivity index (χ2v) is 15.2. The van der Waals surface area contributed by atoms with Crippen LogP contribution in [0.2, 0.25) is 0 Å². The van der Waals surface area contributed by atoms with E-state index < -0.39 is 0 Å². The highest BCUT2D eigenvalue weighted by Crippen LogP contribution is 2.28. The number of carbonyl (C=O) groups excluding carboxylic acids is 4. The van der Waals surface area contributed by atoms with Crippen LogP contribution in [0.1, 0.15) is 152 Å². The van der Waals surface area contributed by atoms with E-state index in [4.69, 9.17) is 23.7 Å². The first-order chi connectivity index (χ1) is 28.4. The minimum atomic E-state index is -0.348. The van der Waals surface area contributed by atoms with Crippen LogP contribution < -0.4 is 14.8 Å². The molecular weight excluding hydrogens is 735 g/mol. The highest BCUT2D eigenvalue weighted by Gasteiger charge is 2.28. The van der Waals surface area contributed by atoms with E-state index >= 15 is 0 Å². The van der Waals surface area contributed by atoms with Gasteiger partial charge in [-0.1, -0.05) is 103 Å². The standard InChI is InChI=1S/C48H69NO9/c1-3-45(50)56-37-21-17-13-9-5-7-11-15-19-35-54-42-29-25-40(26-30-42)48(53)58-44-31-23-39(24-32-44)47(52)49-41-27-33-43(34-28-41)55-36-20-16-12-8-6-10-14-18-22-38-57-46(51)4-2/h3-4,23-24,27-28,31-34,40,42H,1-2,5-22,25-26,29-30,35-38H2,(H,49,52). The Morgan fingerprint density at radius 2 is 0.966 bits per heavy atom. The fourth-order valence-corrected chi connectivity index (χ4v) is 6.96. The highest BCUT2D eigenvalue weighted by atomic mass is 16.5. The fourth-order valence-electron chi connectivity index (χ4n) is 6.96.